The van der Waals surface area contributed by atoms with Gasteiger partial charge in [-0.1, -0.05) is 13.8 Å². The number of pyridine rings is 1. The highest BCUT2D eigenvalue weighted by molar-refractivity contribution is 5.14. The largest absolute Gasteiger partial charge is 0.383 e. The summed E-state index contributed by atoms with van der Waals surface area (Å²) in [7, 11) is 1.63. The zero-order valence-corrected chi connectivity index (χ0v) is 8.99. The fraction of sp³-hybridized carbons (Fsp3) is 0.545. The Kier molecular flexibility index (Phi) is 3.89. The average Bonchev–Trinajstić information content (AvgIpc) is 2.15. The first-order valence-corrected chi connectivity index (χ1v) is 4.84. The van der Waals surface area contributed by atoms with Crippen LogP contribution in [-0.4, -0.2) is 18.3 Å². The molecule has 1 heterocycles. The molecule has 0 aliphatic heterocycles. The highest BCUT2D eigenvalue weighted by atomic mass is 16.5. The molecule has 0 aromatic carbocycles. The van der Waals surface area contributed by atoms with Gasteiger partial charge < -0.3 is 9.30 Å². The Morgan fingerprint density at radius 1 is 1.50 bits per heavy atom. The van der Waals surface area contributed by atoms with Gasteiger partial charge in [0.05, 0.1) is 6.61 Å². The van der Waals surface area contributed by atoms with Crippen molar-refractivity contribution in [3.05, 3.63) is 34.2 Å². The number of rotatable bonds is 4. The summed E-state index contributed by atoms with van der Waals surface area (Å²) in [5, 5.41) is 0. The molecule has 0 unspecified atom stereocenters. The van der Waals surface area contributed by atoms with E-state index >= 15 is 0 Å². The normalized spacial score (nSPS) is 10.9. The zero-order chi connectivity index (χ0) is 10.6. The highest BCUT2D eigenvalue weighted by Gasteiger charge is 2.01. The van der Waals surface area contributed by atoms with Gasteiger partial charge in [0, 0.05) is 25.9 Å². The predicted octanol–water partition coefficient (Wildman–Crippen LogP) is 1.62. The van der Waals surface area contributed by atoms with Crippen LogP contribution in [0.3, 0.4) is 0 Å². The van der Waals surface area contributed by atoms with Crippen molar-refractivity contribution in [1.82, 2.24) is 4.57 Å². The molecule has 0 fully saturated rings. The molecule has 0 spiro atoms. The van der Waals surface area contributed by atoms with Gasteiger partial charge in [-0.3, -0.25) is 4.79 Å². The quantitative estimate of drug-likeness (QED) is 0.731. The molecule has 3 heteroatoms. The first-order chi connectivity index (χ1) is 6.65. The van der Waals surface area contributed by atoms with Crippen molar-refractivity contribution >= 4 is 0 Å². The van der Waals surface area contributed by atoms with E-state index in [1.165, 1.54) is 0 Å². The number of nitrogens with zero attached hydrogens (tertiary/aromatic N) is 1. The van der Waals surface area contributed by atoms with Crippen molar-refractivity contribution in [2.75, 3.05) is 13.7 Å². The van der Waals surface area contributed by atoms with Gasteiger partial charge in [0.1, 0.15) is 0 Å². The van der Waals surface area contributed by atoms with E-state index < -0.39 is 0 Å². The van der Waals surface area contributed by atoms with Crippen LogP contribution in [0.2, 0.25) is 0 Å². The van der Waals surface area contributed by atoms with Gasteiger partial charge in [-0.25, -0.2) is 0 Å². The summed E-state index contributed by atoms with van der Waals surface area (Å²) in [4.78, 5) is 11.6. The molecule has 1 aromatic heterocycles. The Morgan fingerprint density at radius 2 is 2.21 bits per heavy atom. The zero-order valence-electron chi connectivity index (χ0n) is 8.99. The fourth-order valence-electron chi connectivity index (χ4n) is 1.26. The van der Waals surface area contributed by atoms with Gasteiger partial charge in [-0.05, 0) is 17.5 Å². The smallest absolute Gasteiger partial charge is 0.250 e. The molecule has 3 nitrogen and oxygen atoms in total. The number of hydrogen-bond acceptors (Lipinski definition) is 2. The fourth-order valence-corrected chi connectivity index (χ4v) is 1.26. The van der Waals surface area contributed by atoms with Gasteiger partial charge >= 0.3 is 0 Å². The van der Waals surface area contributed by atoms with Crippen molar-refractivity contribution in [1.29, 1.82) is 0 Å². The molecule has 1 rings (SSSR count). The van der Waals surface area contributed by atoms with E-state index in [1.54, 1.807) is 17.7 Å². The van der Waals surface area contributed by atoms with Gasteiger partial charge in [-0.2, -0.15) is 0 Å². The summed E-state index contributed by atoms with van der Waals surface area (Å²) in [5.74, 6) is 0.403. The van der Waals surface area contributed by atoms with Crippen molar-refractivity contribution in [2.45, 2.75) is 26.3 Å². The van der Waals surface area contributed by atoms with E-state index in [2.05, 4.69) is 13.8 Å². The Balaban J connectivity index is 2.85. The number of hydrogen-bond donors (Lipinski definition) is 0. The maximum absolute atomic E-state index is 11.6. The second-order valence-corrected chi connectivity index (χ2v) is 3.64. The summed E-state index contributed by atoms with van der Waals surface area (Å²) < 4.78 is 6.58. The van der Waals surface area contributed by atoms with Crippen molar-refractivity contribution in [3.63, 3.8) is 0 Å². The lowest BCUT2D eigenvalue weighted by Crippen LogP contribution is -2.21. The maximum atomic E-state index is 11.6. The highest BCUT2D eigenvalue weighted by Crippen LogP contribution is 2.10. The van der Waals surface area contributed by atoms with Crippen molar-refractivity contribution in [2.24, 2.45) is 0 Å². The van der Waals surface area contributed by atoms with Crippen LogP contribution in [0.4, 0.5) is 0 Å². The number of aromatic nitrogens is 1. The molecular formula is C11H17NO2. The second-order valence-electron chi connectivity index (χ2n) is 3.64. The molecule has 14 heavy (non-hydrogen) atoms. The Morgan fingerprint density at radius 3 is 2.71 bits per heavy atom. The average molecular weight is 195 g/mol. The number of ether oxygens (including phenoxy) is 1. The molecule has 0 aliphatic carbocycles. The van der Waals surface area contributed by atoms with Crippen LogP contribution in [0.25, 0.3) is 0 Å². The van der Waals surface area contributed by atoms with Gasteiger partial charge in [0.25, 0.3) is 5.56 Å². The molecule has 0 saturated carbocycles. The van der Waals surface area contributed by atoms with Crippen LogP contribution in [0, 0.1) is 0 Å². The van der Waals surface area contributed by atoms with E-state index in [1.807, 2.05) is 12.3 Å². The minimum Gasteiger partial charge on any atom is -0.383 e. The molecule has 78 valence electrons. The lowest BCUT2D eigenvalue weighted by atomic mass is 10.1. The Bertz CT molecular complexity index is 341. The third-order valence-electron chi connectivity index (χ3n) is 2.22. The van der Waals surface area contributed by atoms with E-state index in [9.17, 15) is 4.79 Å². The van der Waals surface area contributed by atoms with Crippen LogP contribution in [0.15, 0.2) is 23.1 Å². The van der Waals surface area contributed by atoms with E-state index in [-0.39, 0.29) is 5.56 Å². The Labute approximate surface area is 84.3 Å². The van der Waals surface area contributed by atoms with Crippen LogP contribution in [0.1, 0.15) is 25.3 Å². The molecule has 0 radical (unpaired) electrons. The summed E-state index contributed by atoms with van der Waals surface area (Å²) in [6.45, 7) is 5.34. The molecule has 0 N–H and O–H groups in total. The molecule has 0 saturated heterocycles. The van der Waals surface area contributed by atoms with Gasteiger partial charge in [0.2, 0.25) is 0 Å². The molecule has 0 aliphatic rings. The van der Waals surface area contributed by atoms with E-state index in [4.69, 9.17) is 4.74 Å². The molecule has 1 aromatic rings. The van der Waals surface area contributed by atoms with Crippen LogP contribution < -0.4 is 5.56 Å². The summed E-state index contributed by atoms with van der Waals surface area (Å²) in [5.41, 5.74) is 1.14. The third-order valence-corrected chi connectivity index (χ3v) is 2.22. The summed E-state index contributed by atoms with van der Waals surface area (Å²) in [6, 6.07) is 3.68. The minimum atomic E-state index is 0.0493. The van der Waals surface area contributed by atoms with Crippen LogP contribution in [-0.2, 0) is 11.3 Å². The lowest BCUT2D eigenvalue weighted by molar-refractivity contribution is 0.186. The predicted molar refractivity (Wildman–Crippen MR) is 56.7 cm³/mol. The SMILES string of the molecule is COCCn1ccc(C(C)C)cc1=O. The molecule has 0 atom stereocenters. The minimum absolute atomic E-state index is 0.0493. The first kappa shape index (κ1) is 11.0. The first-order valence-electron chi connectivity index (χ1n) is 4.84. The van der Waals surface area contributed by atoms with Crippen molar-refractivity contribution in [3.8, 4) is 0 Å². The Hall–Kier alpha value is -1.09. The topological polar surface area (TPSA) is 31.2 Å². The monoisotopic (exact) mass is 195 g/mol. The van der Waals surface area contributed by atoms with E-state index in [0.29, 0.717) is 19.1 Å². The summed E-state index contributed by atoms with van der Waals surface area (Å²) >= 11 is 0. The molecule has 0 amide bonds. The molecular weight excluding hydrogens is 178 g/mol. The second kappa shape index (κ2) is 4.96. The molecule has 0 bridgehead atoms. The van der Waals surface area contributed by atoms with E-state index in [0.717, 1.165) is 5.56 Å². The van der Waals surface area contributed by atoms with Gasteiger partial charge in [0.15, 0.2) is 0 Å². The van der Waals surface area contributed by atoms with Gasteiger partial charge in [-0.15, -0.1) is 0 Å². The van der Waals surface area contributed by atoms with Crippen molar-refractivity contribution < 1.29 is 4.74 Å². The lowest BCUT2D eigenvalue weighted by Gasteiger charge is -2.08. The summed E-state index contributed by atoms with van der Waals surface area (Å²) in [6.07, 6.45) is 1.83. The standard InChI is InChI=1S/C11H17NO2/c1-9(2)10-4-5-12(6-7-14-3)11(13)8-10/h4-5,8-9H,6-7H2,1-3H3. The maximum Gasteiger partial charge on any atom is 0.250 e. The van der Waals surface area contributed by atoms with Crippen LogP contribution in [0.5, 0.6) is 0 Å². The third kappa shape index (κ3) is 2.70. The number of methoxy groups -OCH3 is 1. The van der Waals surface area contributed by atoms with Crippen LogP contribution >= 0.6 is 0 Å².